The molecule has 2 aromatic rings. The second-order valence-corrected chi connectivity index (χ2v) is 5.13. The largest absolute Gasteiger partial charge is 0.338 e. The van der Waals surface area contributed by atoms with Gasteiger partial charge < -0.3 is 4.52 Å². The van der Waals surface area contributed by atoms with Gasteiger partial charge in [-0.1, -0.05) is 52.3 Å². The van der Waals surface area contributed by atoms with Crippen LogP contribution in [0.1, 0.15) is 41.0 Å². The van der Waals surface area contributed by atoms with Gasteiger partial charge in [0.05, 0.1) is 4.83 Å². The lowest BCUT2D eigenvalue weighted by atomic mass is 10.1. The van der Waals surface area contributed by atoms with Gasteiger partial charge in [0.15, 0.2) is 5.82 Å². The van der Waals surface area contributed by atoms with Crippen molar-refractivity contribution in [1.29, 1.82) is 0 Å². The second kappa shape index (κ2) is 5.45. The molecule has 0 fully saturated rings. The molecule has 3 nitrogen and oxygen atoms in total. The van der Waals surface area contributed by atoms with Gasteiger partial charge in [-0.3, -0.25) is 0 Å². The van der Waals surface area contributed by atoms with Crippen molar-refractivity contribution in [2.75, 3.05) is 0 Å². The maximum Gasteiger partial charge on any atom is 0.240 e. The predicted octanol–water partition coefficient (Wildman–Crippen LogP) is 3.81. The standard InChI is InChI=1S/C13H15BrN2O/c1-3-11(14)13-15-12(16-17-13)8-10-7-5-4-6-9(10)2/h4-7,11H,3,8H2,1-2H3. The van der Waals surface area contributed by atoms with Gasteiger partial charge in [0.2, 0.25) is 5.89 Å². The Bertz CT molecular complexity index is 496. The molecule has 1 unspecified atom stereocenters. The molecular weight excluding hydrogens is 280 g/mol. The Balaban J connectivity index is 2.14. The Morgan fingerprint density at radius 1 is 1.35 bits per heavy atom. The van der Waals surface area contributed by atoms with Gasteiger partial charge in [-0.25, -0.2) is 0 Å². The molecule has 0 aliphatic heterocycles. The summed E-state index contributed by atoms with van der Waals surface area (Å²) in [6.45, 7) is 4.17. The Hall–Kier alpha value is -1.16. The maximum atomic E-state index is 5.22. The Morgan fingerprint density at radius 3 is 2.82 bits per heavy atom. The molecule has 1 heterocycles. The summed E-state index contributed by atoms with van der Waals surface area (Å²) in [5.74, 6) is 1.41. The molecule has 4 heteroatoms. The molecule has 0 saturated heterocycles. The highest BCUT2D eigenvalue weighted by atomic mass is 79.9. The second-order valence-electron chi connectivity index (χ2n) is 4.03. The van der Waals surface area contributed by atoms with Crippen LogP contribution in [-0.4, -0.2) is 10.1 Å². The number of hydrogen-bond donors (Lipinski definition) is 0. The van der Waals surface area contributed by atoms with E-state index in [2.05, 4.69) is 52.1 Å². The predicted molar refractivity (Wildman–Crippen MR) is 70.2 cm³/mol. The molecule has 1 aromatic heterocycles. The van der Waals surface area contributed by atoms with Crippen LogP contribution in [0, 0.1) is 6.92 Å². The van der Waals surface area contributed by atoms with E-state index >= 15 is 0 Å². The van der Waals surface area contributed by atoms with Gasteiger partial charge in [0, 0.05) is 6.42 Å². The van der Waals surface area contributed by atoms with Crippen LogP contribution in [0.2, 0.25) is 0 Å². The van der Waals surface area contributed by atoms with Gasteiger partial charge >= 0.3 is 0 Å². The van der Waals surface area contributed by atoms with Crippen LogP contribution in [0.3, 0.4) is 0 Å². The van der Waals surface area contributed by atoms with Crippen molar-refractivity contribution in [3.63, 3.8) is 0 Å². The molecule has 0 aliphatic carbocycles. The summed E-state index contributed by atoms with van der Waals surface area (Å²) in [4.78, 5) is 4.55. The SMILES string of the molecule is CCC(Br)c1nc(Cc2ccccc2C)no1. The molecule has 0 saturated carbocycles. The molecule has 90 valence electrons. The van der Waals surface area contributed by atoms with Crippen LogP contribution >= 0.6 is 15.9 Å². The summed E-state index contributed by atoms with van der Waals surface area (Å²) in [6.07, 6.45) is 1.66. The fraction of sp³-hybridized carbons (Fsp3) is 0.385. The van der Waals surface area contributed by atoms with Crippen LogP contribution < -0.4 is 0 Å². The number of halogens is 1. The summed E-state index contributed by atoms with van der Waals surface area (Å²) in [6, 6.07) is 8.25. The van der Waals surface area contributed by atoms with E-state index < -0.39 is 0 Å². The first-order valence-electron chi connectivity index (χ1n) is 5.71. The van der Waals surface area contributed by atoms with Crippen LogP contribution in [0.25, 0.3) is 0 Å². The van der Waals surface area contributed by atoms with Crippen LogP contribution in [0.4, 0.5) is 0 Å². The number of benzene rings is 1. The number of aryl methyl sites for hydroxylation is 1. The fourth-order valence-corrected chi connectivity index (χ4v) is 1.81. The quantitative estimate of drug-likeness (QED) is 0.805. The van der Waals surface area contributed by atoms with Crippen molar-refractivity contribution in [2.24, 2.45) is 0 Å². The summed E-state index contributed by atoms with van der Waals surface area (Å²) in [5.41, 5.74) is 2.49. The monoisotopic (exact) mass is 294 g/mol. The van der Waals surface area contributed by atoms with Crippen molar-refractivity contribution in [3.05, 3.63) is 47.1 Å². The van der Waals surface area contributed by atoms with Crippen molar-refractivity contribution in [2.45, 2.75) is 31.5 Å². The lowest BCUT2D eigenvalue weighted by molar-refractivity contribution is 0.372. The van der Waals surface area contributed by atoms with Crippen molar-refractivity contribution in [3.8, 4) is 0 Å². The Kier molecular flexibility index (Phi) is 3.94. The molecule has 0 spiro atoms. The van der Waals surface area contributed by atoms with Gasteiger partial charge in [-0.05, 0) is 24.5 Å². The van der Waals surface area contributed by atoms with E-state index in [0.717, 1.165) is 18.7 Å². The lowest BCUT2D eigenvalue weighted by Crippen LogP contribution is -1.94. The number of alkyl halides is 1. The molecule has 0 bridgehead atoms. The number of hydrogen-bond acceptors (Lipinski definition) is 3. The van der Waals surface area contributed by atoms with Gasteiger partial charge in [0.25, 0.3) is 0 Å². The number of nitrogens with zero attached hydrogens (tertiary/aromatic N) is 2. The van der Waals surface area contributed by atoms with E-state index in [1.807, 2.05) is 12.1 Å². The molecular formula is C13H15BrN2O. The molecule has 0 radical (unpaired) electrons. The Labute approximate surface area is 109 Å². The van der Waals surface area contributed by atoms with Crippen molar-refractivity contribution in [1.82, 2.24) is 10.1 Å². The third kappa shape index (κ3) is 2.94. The Morgan fingerprint density at radius 2 is 2.12 bits per heavy atom. The van der Waals surface area contributed by atoms with Crippen LogP contribution in [0.15, 0.2) is 28.8 Å². The highest BCUT2D eigenvalue weighted by molar-refractivity contribution is 9.09. The third-order valence-electron chi connectivity index (χ3n) is 2.72. The topological polar surface area (TPSA) is 38.9 Å². The van der Waals surface area contributed by atoms with Crippen molar-refractivity contribution < 1.29 is 4.52 Å². The molecule has 2 rings (SSSR count). The molecule has 1 aromatic carbocycles. The first-order chi connectivity index (χ1) is 8.20. The van der Waals surface area contributed by atoms with Crippen molar-refractivity contribution >= 4 is 15.9 Å². The third-order valence-corrected chi connectivity index (χ3v) is 3.76. The maximum absolute atomic E-state index is 5.22. The molecule has 0 amide bonds. The molecule has 0 aliphatic rings. The van der Waals surface area contributed by atoms with Gasteiger partial charge in [-0.15, -0.1) is 0 Å². The number of rotatable bonds is 4. The summed E-state index contributed by atoms with van der Waals surface area (Å²) >= 11 is 3.50. The van der Waals surface area contributed by atoms with Crippen LogP contribution in [-0.2, 0) is 6.42 Å². The van der Waals surface area contributed by atoms with E-state index in [0.29, 0.717) is 5.89 Å². The zero-order valence-corrected chi connectivity index (χ0v) is 11.6. The molecule has 0 N–H and O–H groups in total. The summed E-state index contributed by atoms with van der Waals surface area (Å²) in [7, 11) is 0. The lowest BCUT2D eigenvalue weighted by Gasteiger charge is -2.01. The zero-order valence-electron chi connectivity index (χ0n) is 9.98. The van der Waals surface area contributed by atoms with E-state index in [1.54, 1.807) is 0 Å². The normalized spacial score (nSPS) is 12.6. The minimum atomic E-state index is 0.153. The van der Waals surface area contributed by atoms with E-state index in [1.165, 1.54) is 11.1 Å². The smallest absolute Gasteiger partial charge is 0.240 e. The highest BCUT2D eigenvalue weighted by Gasteiger charge is 2.14. The average Bonchev–Trinajstić information content (AvgIpc) is 2.80. The fourth-order valence-electron chi connectivity index (χ4n) is 1.62. The van der Waals surface area contributed by atoms with E-state index in [9.17, 15) is 0 Å². The van der Waals surface area contributed by atoms with Crippen LogP contribution in [0.5, 0.6) is 0 Å². The first-order valence-corrected chi connectivity index (χ1v) is 6.63. The van der Waals surface area contributed by atoms with Gasteiger partial charge in [-0.2, -0.15) is 4.98 Å². The summed E-state index contributed by atoms with van der Waals surface area (Å²) < 4.78 is 5.22. The highest BCUT2D eigenvalue weighted by Crippen LogP contribution is 2.24. The molecule has 17 heavy (non-hydrogen) atoms. The molecule has 1 atom stereocenters. The zero-order chi connectivity index (χ0) is 12.3. The summed E-state index contributed by atoms with van der Waals surface area (Å²) in [5, 5.41) is 4.01. The number of aromatic nitrogens is 2. The van der Waals surface area contributed by atoms with Gasteiger partial charge in [0.1, 0.15) is 0 Å². The van der Waals surface area contributed by atoms with E-state index in [4.69, 9.17) is 4.52 Å². The minimum absolute atomic E-state index is 0.153. The first kappa shape index (κ1) is 12.3. The van der Waals surface area contributed by atoms with E-state index in [-0.39, 0.29) is 4.83 Å². The average molecular weight is 295 g/mol. The minimum Gasteiger partial charge on any atom is -0.338 e.